The first-order valence-corrected chi connectivity index (χ1v) is 8.98. The number of ether oxygens (including phenoxy) is 1. The van der Waals surface area contributed by atoms with E-state index in [0.29, 0.717) is 23.7 Å². The van der Waals surface area contributed by atoms with Crippen molar-refractivity contribution in [3.63, 3.8) is 0 Å². The second-order valence-electron chi connectivity index (χ2n) is 4.61. The first-order chi connectivity index (χ1) is 9.91. The molecule has 8 heteroatoms. The molecule has 6 nitrogen and oxygen atoms in total. The molecule has 1 aliphatic carbocycles. The molecule has 1 aliphatic rings. The smallest absolute Gasteiger partial charge is 0.337 e. The van der Waals surface area contributed by atoms with Gasteiger partial charge in [-0.25, -0.2) is 22.5 Å². The van der Waals surface area contributed by atoms with E-state index in [9.17, 15) is 13.2 Å². The second kappa shape index (κ2) is 6.40. The van der Waals surface area contributed by atoms with Gasteiger partial charge < -0.3 is 4.74 Å². The molecule has 0 radical (unpaired) electrons. The van der Waals surface area contributed by atoms with Crippen molar-refractivity contribution in [1.29, 1.82) is 0 Å². The van der Waals surface area contributed by atoms with E-state index >= 15 is 0 Å². The lowest BCUT2D eigenvalue weighted by molar-refractivity contribution is -0.135. The van der Waals surface area contributed by atoms with Crippen LogP contribution in [0, 0.1) is 5.92 Å². The van der Waals surface area contributed by atoms with Gasteiger partial charge in [-0.3, -0.25) is 0 Å². The molecule has 0 fully saturated rings. The summed E-state index contributed by atoms with van der Waals surface area (Å²) in [6.45, 7) is 0.299. The number of anilines is 1. The summed E-state index contributed by atoms with van der Waals surface area (Å²) in [5, 5.41) is 2.19. The zero-order valence-electron chi connectivity index (χ0n) is 11.7. The zero-order chi connectivity index (χ0) is 15.5. The molecule has 0 spiro atoms. The summed E-state index contributed by atoms with van der Waals surface area (Å²) in [5.41, 5.74) is 0.494. The Balaban J connectivity index is 2.10. The highest BCUT2D eigenvalue weighted by Crippen LogP contribution is 2.25. The fourth-order valence-electron chi connectivity index (χ4n) is 1.98. The van der Waals surface area contributed by atoms with Crippen molar-refractivity contribution < 1.29 is 17.9 Å². The van der Waals surface area contributed by atoms with Crippen LogP contribution >= 0.6 is 11.3 Å². The number of carbonyl (C=O) groups excluding carboxylic acids is 1. The minimum absolute atomic E-state index is 0.00275. The molecule has 21 heavy (non-hydrogen) atoms. The lowest BCUT2D eigenvalue weighted by Gasteiger charge is -2.24. The van der Waals surface area contributed by atoms with Gasteiger partial charge in [0.2, 0.25) is 10.0 Å². The van der Waals surface area contributed by atoms with E-state index in [0.717, 1.165) is 6.26 Å². The number of methoxy groups -OCH3 is 1. The molecule has 0 N–H and O–H groups in total. The normalized spacial score (nSPS) is 18.2. The van der Waals surface area contributed by atoms with Gasteiger partial charge in [-0.2, -0.15) is 0 Å². The molecule has 2 rings (SSSR count). The summed E-state index contributed by atoms with van der Waals surface area (Å²) in [4.78, 5) is 15.4. The monoisotopic (exact) mass is 328 g/mol. The standard InChI is InChI=1S/C13H16N2O4S2/c1-19-12(16)11-5-3-10(4-6-11)9-15(21(2,17)18)13-14-7-8-20-13/h3,5-8,10H,4,9H2,1-2H3. The predicted octanol–water partition coefficient (Wildman–Crippen LogP) is 1.58. The third-order valence-electron chi connectivity index (χ3n) is 3.04. The van der Waals surface area contributed by atoms with E-state index in [1.165, 1.54) is 22.8 Å². The van der Waals surface area contributed by atoms with Gasteiger partial charge in [0.25, 0.3) is 0 Å². The number of rotatable bonds is 5. The van der Waals surface area contributed by atoms with Crippen molar-refractivity contribution in [2.75, 3.05) is 24.2 Å². The summed E-state index contributed by atoms with van der Waals surface area (Å²) in [7, 11) is -2.06. The van der Waals surface area contributed by atoms with Crippen LogP contribution < -0.4 is 4.31 Å². The Kier molecular flexibility index (Phi) is 4.79. The van der Waals surface area contributed by atoms with Gasteiger partial charge in [0.15, 0.2) is 5.13 Å². The maximum atomic E-state index is 11.9. The quantitative estimate of drug-likeness (QED) is 0.767. The molecule has 0 aliphatic heterocycles. The summed E-state index contributed by atoms with van der Waals surface area (Å²) in [5.74, 6) is -0.387. The SMILES string of the molecule is COC(=O)C1=CCC(CN(c2nccs2)S(C)(=O)=O)C=C1. The van der Waals surface area contributed by atoms with Crippen LogP contribution in [0.15, 0.2) is 35.4 Å². The van der Waals surface area contributed by atoms with Gasteiger partial charge >= 0.3 is 5.97 Å². The Morgan fingerprint density at radius 3 is 2.81 bits per heavy atom. The van der Waals surface area contributed by atoms with Crippen LogP contribution in [-0.4, -0.2) is 39.3 Å². The van der Waals surface area contributed by atoms with Gasteiger partial charge in [0.05, 0.1) is 18.9 Å². The summed E-state index contributed by atoms with van der Waals surface area (Å²) < 4.78 is 29.7. The van der Waals surface area contributed by atoms with E-state index < -0.39 is 10.0 Å². The molecule has 0 saturated carbocycles. The molecular weight excluding hydrogens is 312 g/mol. The highest BCUT2D eigenvalue weighted by molar-refractivity contribution is 7.92. The predicted molar refractivity (Wildman–Crippen MR) is 81.6 cm³/mol. The van der Waals surface area contributed by atoms with Crippen LogP contribution in [0.25, 0.3) is 0 Å². The van der Waals surface area contributed by atoms with E-state index in [1.54, 1.807) is 23.7 Å². The number of hydrogen-bond acceptors (Lipinski definition) is 6. The number of nitrogens with zero attached hydrogens (tertiary/aromatic N) is 2. The minimum atomic E-state index is -3.39. The molecule has 0 amide bonds. The lowest BCUT2D eigenvalue weighted by atomic mass is 9.97. The third kappa shape index (κ3) is 3.92. The highest BCUT2D eigenvalue weighted by atomic mass is 32.2. The molecule has 1 heterocycles. The molecule has 1 unspecified atom stereocenters. The zero-order valence-corrected chi connectivity index (χ0v) is 13.4. The average molecular weight is 328 g/mol. The van der Waals surface area contributed by atoms with Gasteiger partial charge in [-0.1, -0.05) is 18.2 Å². The number of esters is 1. The van der Waals surface area contributed by atoms with Crippen LogP contribution in [0.2, 0.25) is 0 Å². The van der Waals surface area contributed by atoms with E-state index in [-0.39, 0.29) is 11.9 Å². The van der Waals surface area contributed by atoms with Crippen molar-refractivity contribution >= 4 is 32.5 Å². The average Bonchev–Trinajstić information content (AvgIpc) is 2.97. The molecular formula is C13H16N2O4S2. The Labute approximate surface area is 127 Å². The fraction of sp³-hybridized carbons (Fsp3) is 0.385. The number of carbonyl (C=O) groups is 1. The molecule has 1 aromatic rings. The summed E-state index contributed by atoms with van der Waals surface area (Å²) in [6.07, 6.45) is 8.58. The van der Waals surface area contributed by atoms with Gasteiger partial charge in [0.1, 0.15) is 0 Å². The highest BCUT2D eigenvalue weighted by Gasteiger charge is 2.24. The van der Waals surface area contributed by atoms with Crippen LogP contribution in [-0.2, 0) is 19.6 Å². The Bertz CT molecular complexity index is 662. The topological polar surface area (TPSA) is 76.6 Å². The first kappa shape index (κ1) is 15.7. The van der Waals surface area contributed by atoms with Crippen LogP contribution in [0.1, 0.15) is 6.42 Å². The third-order valence-corrected chi connectivity index (χ3v) is 5.08. The van der Waals surface area contributed by atoms with Crippen molar-refractivity contribution in [2.45, 2.75) is 6.42 Å². The van der Waals surface area contributed by atoms with Crippen molar-refractivity contribution in [3.8, 4) is 0 Å². The fourth-order valence-corrected chi connectivity index (χ4v) is 3.86. The van der Waals surface area contributed by atoms with E-state index in [1.807, 2.05) is 6.08 Å². The molecule has 1 atom stereocenters. The Morgan fingerprint density at radius 2 is 2.33 bits per heavy atom. The number of sulfonamides is 1. The van der Waals surface area contributed by atoms with Crippen molar-refractivity contribution in [2.24, 2.45) is 5.92 Å². The van der Waals surface area contributed by atoms with E-state index in [2.05, 4.69) is 9.72 Å². The minimum Gasteiger partial charge on any atom is -0.465 e. The Morgan fingerprint density at radius 1 is 1.57 bits per heavy atom. The van der Waals surface area contributed by atoms with Gasteiger partial charge in [0, 0.05) is 18.1 Å². The van der Waals surface area contributed by atoms with Crippen molar-refractivity contribution in [3.05, 3.63) is 35.4 Å². The number of thiazole rings is 1. The molecule has 1 aromatic heterocycles. The van der Waals surface area contributed by atoms with Gasteiger partial charge in [-0.05, 0) is 12.3 Å². The van der Waals surface area contributed by atoms with Crippen LogP contribution in [0.5, 0.6) is 0 Å². The first-order valence-electron chi connectivity index (χ1n) is 6.25. The largest absolute Gasteiger partial charge is 0.465 e. The maximum absolute atomic E-state index is 11.9. The summed E-state index contributed by atoms with van der Waals surface area (Å²) in [6, 6.07) is 0. The van der Waals surface area contributed by atoms with Gasteiger partial charge in [-0.15, -0.1) is 11.3 Å². The summed E-state index contributed by atoms with van der Waals surface area (Å²) >= 11 is 1.28. The number of hydrogen-bond donors (Lipinski definition) is 0. The Hall–Kier alpha value is -1.67. The molecule has 0 aromatic carbocycles. The molecule has 114 valence electrons. The number of aromatic nitrogens is 1. The maximum Gasteiger partial charge on any atom is 0.337 e. The van der Waals surface area contributed by atoms with Crippen LogP contribution in [0.3, 0.4) is 0 Å². The van der Waals surface area contributed by atoms with E-state index in [4.69, 9.17) is 0 Å². The lowest BCUT2D eigenvalue weighted by Crippen LogP contribution is -2.34. The molecule has 0 bridgehead atoms. The molecule has 0 saturated heterocycles. The van der Waals surface area contributed by atoms with Crippen LogP contribution in [0.4, 0.5) is 5.13 Å². The second-order valence-corrected chi connectivity index (χ2v) is 7.39. The van der Waals surface area contributed by atoms with Crippen molar-refractivity contribution in [1.82, 2.24) is 4.98 Å². The number of allylic oxidation sites excluding steroid dienone is 1.